The molecule has 28 heavy (non-hydrogen) atoms. The van der Waals surface area contributed by atoms with Crippen LogP contribution in [0.2, 0.25) is 0 Å². The van der Waals surface area contributed by atoms with Gasteiger partial charge in [0.2, 0.25) is 0 Å². The number of pyridine rings is 1. The van der Waals surface area contributed by atoms with Crippen LogP contribution in [0.4, 0.5) is 0 Å². The second-order valence-electron chi connectivity index (χ2n) is 6.56. The van der Waals surface area contributed by atoms with Gasteiger partial charge in [-0.1, -0.05) is 42.0 Å². The SMILES string of the molecule is N=NC(CN=CCCCCCn1cc(-c2cccnc2)nn1)c1ccccc1. The largest absolute Gasteiger partial charge is 0.295 e. The summed E-state index contributed by atoms with van der Waals surface area (Å²) >= 11 is 0. The number of hydrogen-bond acceptors (Lipinski definition) is 6. The molecule has 2 aromatic heterocycles. The summed E-state index contributed by atoms with van der Waals surface area (Å²) in [5, 5.41) is 12.1. The molecule has 1 atom stereocenters. The highest BCUT2D eigenvalue weighted by atomic mass is 15.4. The van der Waals surface area contributed by atoms with Gasteiger partial charge < -0.3 is 0 Å². The molecular weight excluding hydrogens is 350 g/mol. The van der Waals surface area contributed by atoms with Gasteiger partial charge in [-0.3, -0.25) is 14.7 Å². The van der Waals surface area contributed by atoms with E-state index in [2.05, 4.69) is 25.4 Å². The van der Waals surface area contributed by atoms with Crippen molar-refractivity contribution < 1.29 is 0 Å². The number of unbranched alkanes of at least 4 members (excludes halogenated alkanes) is 3. The molecule has 1 N–H and O–H groups in total. The Labute approximate surface area is 165 Å². The lowest BCUT2D eigenvalue weighted by Crippen LogP contribution is -1.99. The first kappa shape index (κ1) is 19.5. The minimum absolute atomic E-state index is 0.182. The van der Waals surface area contributed by atoms with Crippen LogP contribution in [0.5, 0.6) is 0 Å². The Morgan fingerprint density at radius 2 is 1.96 bits per heavy atom. The number of nitrogens with one attached hydrogen (secondary N) is 1. The Morgan fingerprint density at radius 1 is 1.07 bits per heavy atom. The summed E-state index contributed by atoms with van der Waals surface area (Å²) in [5.74, 6) is 0. The quantitative estimate of drug-likeness (QED) is 0.298. The predicted octanol–water partition coefficient (Wildman–Crippen LogP) is 4.74. The van der Waals surface area contributed by atoms with Crippen LogP contribution in [-0.2, 0) is 6.54 Å². The Morgan fingerprint density at radius 3 is 2.75 bits per heavy atom. The van der Waals surface area contributed by atoms with Crippen molar-refractivity contribution in [2.75, 3.05) is 6.54 Å². The molecule has 0 aliphatic rings. The number of aromatic nitrogens is 4. The number of nitrogens with zero attached hydrogens (tertiary/aromatic N) is 6. The summed E-state index contributed by atoms with van der Waals surface area (Å²) in [6.07, 6.45) is 11.7. The van der Waals surface area contributed by atoms with Gasteiger partial charge in [-0.15, -0.1) is 5.10 Å². The molecule has 0 saturated heterocycles. The molecular formula is C21H25N7. The molecule has 0 aliphatic heterocycles. The fraction of sp³-hybridized carbons (Fsp3) is 0.333. The van der Waals surface area contributed by atoms with Gasteiger partial charge in [0.1, 0.15) is 11.7 Å². The highest BCUT2D eigenvalue weighted by Gasteiger charge is 2.07. The summed E-state index contributed by atoms with van der Waals surface area (Å²) in [7, 11) is 0. The fourth-order valence-corrected chi connectivity index (χ4v) is 2.90. The van der Waals surface area contributed by atoms with Gasteiger partial charge in [0.15, 0.2) is 0 Å². The van der Waals surface area contributed by atoms with Crippen molar-refractivity contribution in [2.45, 2.75) is 38.3 Å². The maximum Gasteiger partial charge on any atom is 0.115 e. The first-order chi connectivity index (χ1) is 13.9. The number of aliphatic imine (C=N–C) groups is 1. The third kappa shape index (κ3) is 5.90. The first-order valence-electron chi connectivity index (χ1n) is 9.57. The van der Waals surface area contributed by atoms with Gasteiger partial charge in [-0.05, 0) is 43.2 Å². The zero-order valence-electron chi connectivity index (χ0n) is 15.9. The van der Waals surface area contributed by atoms with E-state index in [0.29, 0.717) is 6.54 Å². The molecule has 0 fully saturated rings. The zero-order chi connectivity index (χ0) is 19.4. The van der Waals surface area contributed by atoms with Crippen molar-refractivity contribution in [3.05, 3.63) is 66.6 Å². The van der Waals surface area contributed by atoms with Crippen molar-refractivity contribution in [2.24, 2.45) is 10.1 Å². The van der Waals surface area contributed by atoms with E-state index in [-0.39, 0.29) is 6.04 Å². The van der Waals surface area contributed by atoms with Crippen LogP contribution in [-0.4, -0.2) is 32.7 Å². The van der Waals surface area contributed by atoms with E-state index in [1.165, 1.54) is 0 Å². The van der Waals surface area contributed by atoms with Crippen LogP contribution >= 0.6 is 0 Å². The minimum atomic E-state index is -0.182. The van der Waals surface area contributed by atoms with E-state index in [4.69, 9.17) is 5.53 Å². The van der Waals surface area contributed by atoms with E-state index in [1.54, 1.807) is 12.4 Å². The van der Waals surface area contributed by atoms with Gasteiger partial charge in [-0.25, -0.2) is 5.53 Å². The van der Waals surface area contributed by atoms with Gasteiger partial charge in [0.25, 0.3) is 0 Å². The molecule has 1 aromatic carbocycles. The number of benzene rings is 1. The molecule has 7 nitrogen and oxygen atoms in total. The van der Waals surface area contributed by atoms with Crippen LogP contribution in [0.1, 0.15) is 37.3 Å². The van der Waals surface area contributed by atoms with Gasteiger partial charge in [0, 0.05) is 24.5 Å². The van der Waals surface area contributed by atoms with Crippen molar-refractivity contribution in [1.82, 2.24) is 20.0 Å². The molecule has 0 aliphatic carbocycles. The van der Waals surface area contributed by atoms with E-state index in [0.717, 1.165) is 49.0 Å². The lowest BCUT2D eigenvalue weighted by atomic mass is 10.1. The monoisotopic (exact) mass is 375 g/mol. The van der Waals surface area contributed by atoms with Gasteiger partial charge in [0.05, 0.1) is 12.7 Å². The van der Waals surface area contributed by atoms with E-state index in [9.17, 15) is 0 Å². The van der Waals surface area contributed by atoms with E-state index >= 15 is 0 Å². The molecule has 144 valence electrons. The molecule has 3 rings (SSSR count). The highest BCUT2D eigenvalue weighted by Crippen LogP contribution is 2.17. The number of rotatable bonds is 11. The van der Waals surface area contributed by atoms with Crippen LogP contribution in [0, 0.1) is 5.53 Å². The maximum absolute atomic E-state index is 7.34. The van der Waals surface area contributed by atoms with E-state index in [1.807, 2.05) is 59.6 Å². The van der Waals surface area contributed by atoms with Crippen molar-refractivity contribution >= 4 is 6.21 Å². The lowest BCUT2D eigenvalue weighted by molar-refractivity contribution is 0.533. The second kappa shape index (κ2) is 10.8. The molecule has 0 spiro atoms. The summed E-state index contributed by atoms with van der Waals surface area (Å²) in [4.78, 5) is 8.55. The van der Waals surface area contributed by atoms with Gasteiger partial charge >= 0.3 is 0 Å². The van der Waals surface area contributed by atoms with Crippen LogP contribution in [0.3, 0.4) is 0 Å². The summed E-state index contributed by atoms with van der Waals surface area (Å²) in [6, 6.07) is 13.6. The molecule has 0 amide bonds. The van der Waals surface area contributed by atoms with Crippen molar-refractivity contribution in [3.63, 3.8) is 0 Å². The molecule has 0 bridgehead atoms. The standard InChI is InChI=1S/C21H25N7/c22-25-20(18-9-4-3-5-10-18)16-24-12-6-1-2-7-14-28-17-21(26-27-28)19-11-8-13-23-15-19/h3-5,8-13,15,17,20,22H,1-2,6-7,14,16H2. The highest BCUT2D eigenvalue weighted by molar-refractivity contribution is 5.57. The van der Waals surface area contributed by atoms with Crippen LogP contribution in [0.15, 0.2) is 71.2 Å². The zero-order valence-corrected chi connectivity index (χ0v) is 15.9. The number of aryl methyl sites for hydroxylation is 1. The summed E-state index contributed by atoms with van der Waals surface area (Å²) in [6.45, 7) is 1.39. The third-order valence-electron chi connectivity index (χ3n) is 4.46. The first-order valence-corrected chi connectivity index (χ1v) is 9.57. The average Bonchev–Trinajstić information content (AvgIpc) is 3.23. The lowest BCUT2D eigenvalue weighted by Gasteiger charge is -2.07. The van der Waals surface area contributed by atoms with E-state index < -0.39 is 0 Å². The molecule has 0 radical (unpaired) electrons. The summed E-state index contributed by atoms with van der Waals surface area (Å²) < 4.78 is 1.89. The number of hydrogen-bond donors (Lipinski definition) is 1. The Bertz CT molecular complexity index is 859. The predicted molar refractivity (Wildman–Crippen MR) is 109 cm³/mol. The minimum Gasteiger partial charge on any atom is -0.295 e. The Kier molecular flexibility index (Phi) is 7.55. The normalized spacial score (nSPS) is 12.3. The van der Waals surface area contributed by atoms with Crippen molar-refractivity contribution in [1.29, 1.82) is 5.53 Å². The summed E-state index contributed by atoms with van der Waals surface area (Å²) in [5.41, 5.74) is 10.2. The van der Waals surface area contributed by atoms with Crippen LogP contribution < -0.4 is 0 Å². The molecule has 1 unspecified atom stereocenters. The van der Waals surface area contributed by atoms with Gasteiger partial charge in [-0.2, -0.15) is 5.11 Å². The molecule has 7 heteroatoms. The molecule has 3 aromatic rings. The second-order valence-corrected chi connectivity index (χ2v) is 6.56. The smallest absolute Gasteiger partial charge is 0.115 e. The average molecular weight is 375 g/mol. The topological polar surface area (TPSA) is 92.2 Å². The van der Waals surface area contributed by atoms with Crippen LogP contribution in [0.25, 0.3) is 11.3 Å². The third-order valence-corrected chi connectivity index (χ3v) is 4.46. The maximum atomic E-state index is 7.34. The van der Waals surface area contributed by atoms with Crippen molar-refractivity contribution in [3.8, 4) is 11.3 Å². The molecule has 2 heterocycles. The Balaban J connectivity index is 1.31. The fourth-order valence-electron chi connectivity index (χ4n) is 2.90. The molecule has 0 saturated carbocycles. The Hall–Kier alpha value is -3.22.